The van der Waals surface area contributed by atoms with Gasteiger partial charge >= 0.3 is 5.97 Å². The van der Waals surface area contributed by atoms with Gasteiger partial charge in [0.2, 0.25) is 10.0 Å². The van der Waals surface area contributed by atoms with Crippen molar-refractivity contribution in [2.75, 3.05) is 0 Å². The standard InChI is InChI=1S/C12H14F3NO4S/c1-3-6(2)10(12(17)18)16-21(19,20)11-8(14)4-7(13)5-9(11)15/h4-6,10,16H,3H2,1-2H3,(H,17,18)/t6-,10-/m0/s1. The quantitative estimate of drug-likeness (QED) is 0.836. The number of halogens is 3. The molecule has 2 atom stereocenters. The maximum absolute atomic E-state index is 13.5. The van der Waals surface area contributed by atoms with Crippen LogP contribution in [0.25, 0.3) is 0 Å². The monoisotopic (exact) mass is 325 g/mol. The maximum atomic E-state index is 13.5. The lowest BCUT2D eigenvalue weighted by Gasteiger charge is -2.20. The van der Waals surface area contributed by atoms with Crippen LogP contribution in [0, 0.1) is 23.4 Å². The molecule has 1 aromatic carbocycles. The Balaban J connectivity index is 3.26. The number of hydrogen-bond donors (Lipinski definition) is 2. The zero-order valence-electron chi connectivity index (χ0n) is 11.2. The van der Waals surface area contributed by atoms with Gasteiger partial charge in [-0.3, -0.25) is 4.79 Å². The molecule has 9 heteroatoms. The van der Waals surface area contributed by atoms with Crippen LogP contribution in [0.2, 0.25) is 0 Å². The zero-order chi connectivity index (χ0) is 16.4. The predicted octanol–water partition coefficient (Wildman–Crippen LogP) is 1.88. The number of rotatable bonds is 6. The van der Waals surface area contributed by atoms with E-state index >= 15 is 0 Å². The second kappa shape index (κ2) is 6.44. The topological polar surface area (TPSA) is 83.5 Å². The molecular formula is C12H14F3NO4S. The lowest BCUT2D eigenvalue weighted by atomic mass is 10.0. The van der Waals surface area contributed by atoms with Crippen LogP contribution in [-0.2, 0) is 14.8 Å². The first-order valence-electron chi connectivity index (χ1n) is 5.99. The number of aliphatic carboxylic acids is 1. The second-order valence-corrected chi connectivity index (χ2v) is 6.17. The van der Waals surface area contributed by atoms with Crippen LogP contribution in [-0.4, -0.2) is 25.5 Å². The highest BCUT2D eigenvalue weighted by atomic mass is 32.2. The Bertz CT molecular complexity index is 625. The summed E-state index contributed by atoms with van der Waals surface area (Å²) in [5.74, 6) is -6.62. The molecule has 0 aliphatic carbocycles. The van der Waals surface area contributed by atoms with Crippen molar-refractivity contribution >= 4 is 16.0 Å². The number of carbonyl (C=O) groups is 1. The molecule has 21 heavy (non-hydrogen) atoms. The summed E-state index contributed by atoms with van der Waals surface area (Å²) < 4.78 is 65.4. The summed E-state index contributed by atoms with van der Waals surface area (Å²) in [4.78, 5) is 9.65. The van der Waals surface area contributed by atoms with E-state index in [2.05, 4.69) is 0 Å². The first kappa shape index (κ1) is 17.4. The normalized spacial score (nSPS) is 14.7. The van der Waals surface area contributed by atoms with Crippen molar-refractivity contribution in [3.8, 4) is 0 Å². The fraction of sp³-hybridized carbons (Fsp3) is 0.417. The van der Waals surface area contributed by atoms with Crippen molar-refractivity contribution < 1.29 is 31.5 Å². The second-order valence-electron chi connectivity index (χ2n) is 4.52. The molecule has 1 rings (SSSR count). The SMILES string of the molecule is CC[C@H](C)[C@H](NS(=O)(=O)c1c(F)cc(F)cc1F)C(=O)O. The van der Waals surface area contributed by atoms with Gasteiger partial charge in [-0.25, -0.2) is 21.6 Å². The molecule has 118 valence electrons. The largest absolute Gasteiger partial charge is 0.480 e. The summed E-state index contributed by atoms with van der Waals surface area (Å²) in [6.07, 6.45) is 0.327. The molecule has 0 amide bonds. The number of benzene rings is 1. The minimum Gasteiger partial charge on any atom is -0.480 e. The van der Waals surface area contributed by atoms with Crippen LogP contribution in [0.5, 0.6) is 0 Å². The molecule has 0 saturated heterocycles. The fourth-order valence-corrected chi connectivity index (χ4v) is 3.07. The first-order chi connectivity index (χ1) is 9.60. The van der Waals surface area contributed by atoms with Gasteiger partial charge in [0.05, 0.1) is 0 Å². The van der Waals surface area contributed by atoms with Gasteiger partial charge in [0, 0.05) is 12.1 Å². The summed E-state index contributed by atoms with van der Waals surface area (Å²) in [5, 5.41) is 8.99. The zero-order valence-corrected chi connectivity index (χ0v) is 12.0. The molecule has 0 heterocycles. The van der Waals surface area contributed by atoms with Crippen LogP contribution in [0.4, 0.5) is 13.2 Å². The van der Waals surface area contributed by atoms with Crippen molar-refractivity contribution in [3.63, 3.8) is 0 Å². The average molecular weight is 325 g/mol. The van der Waals surface area contributed by atoms with E-state index in [0.29, 0.717) is 6.42 Å². The molecular weight excluding hydrogens is 311 g/mol. The molecule has 0 aliphatic heterocycles. The number of nitrogens with one attached hydrogen (secondary N) is 1. The summed E-state index contributed by atoms with van der Waals surface area (Å²) in [6, 6.07) is -1.14. The average Bonchev–Trinajstić information content (AvgIpc) is 2.33. The third-order valence-electron chi connectivity index (χ3n) is 2.99. The van der Waals surface area contributed by atoms with Crippen molar-refractivity contribution in [2.45, 2.75) is 31.2 Å². The van der Waals surface area contributed by atoms with E-state index in [4.69, 9.17) is 5.11 Å². The summed E-state index contributed by atoms with van der Waals surface area (Å²) >= 11 is 0. The third-order valence-corrected chi connectivity index (χ3v) is 4.48. The van der Waals surface area contributed by atoms with Gasteiger partial charge < -0.3 is 5.11 Å². The summed E-state index contributed by atoms with van der Waals surface area (Å²) in [7, 11) is -4.79. The molecule has 2 N–H and O–H groups in total. The van der Waals surface area contributed by atoms with E-state index in [9.17, 15) is 26.4 Å². The highest BCUT2D eigenvalue weighted by molar-refractivity contribution is 7.89. The molecule has 1 aromatic rings. The van der Waals surface area contributed by atoms with Gasteiger partial charge in [0.1, 0.15) is 23.5 Å². The summed E-state index contributed by atoms with van der Waals surface area (Å²) in [5.41, 5.74) is 0. The van der Waals surface area contributed by atoms with Crippen molar-refractivity contribution in [2.24, 2.45) is 5.92 Å². The van der Waals surface area contributed by atoms with Gasteiger partial charge in [0.25, 0.3) is 0 Å². The highest BCUT2D eigenvalue weighted by Gasteiger charge is 2.33. The molecule has 0 radical (unpaired) electrons. The molecule has 0 bridgehead atoms. The lowest BCUT2D eigenvalue weighted by molar-refractivity contribution is -0.140. The Kier molecular flexibility index (Phi) is 5.35. The maximum Gasteiger partial charge on any atom is 0.322 e. The van der Waals surface area contributed by atoms with Crippen molar-refractivity contribution in [3.05, 3.63) is 29.6 Å². The molecule has 0 saturated carbocycles. The number of hydrogen-bond acceptors (Lipinski definition) is 3. The first-order valence-corrected chi connectivity index (χ1v) is 7.48. The van der Waals surface area contributed by atoms with E-state index in [1.807, 2.05) is 0 Å². The molecule has 0 unspecified atom stereocenters. The minimum absolute atomic E-state index is 0.205. The minimum atomic E-state index is -4.79. The molecule has 0 aromatic heterocycles. The Morgan fingerprint density at radius 3 is 2.14 bits per heavy atom. The van der Waals surface area contributed by atoms with Crippen LogP contribution >= 0.6 is 0 Å². The Labute approximate surface area is 119 Å². The molecule has 0 aliphatic rings. The van der Waals surface area contributed by atoms with Crippen molar-refractivity contribution in [1.29, 1.82) is 0 Å². The van der Waals surface area contributed by atoms with Gasteiger partial charge in [-0.15, -0.1) is 0 Å². The highest BCUT2D eigenvalue weighted by Crippen LogP contribution is 2.21. The molecule has 0 fully saturated rings. The third kappa shape index (κ3) is 3.94. The molecule has 5 nitrogen and oxygen atoms in total. The van der Waals surface area contributed by atoms with Crippen LogP contribution in [0.3, 0.4) is 0 Å². The predicted molar refractivity (Wildman–Crippen MR) is 67.5 cm³/mol. The van der Waals surface area contributed by atoms with E-state index in [1.165, 1.54) is 6.92 Å². The Morgan fingerprint density at radius 1 is 1.29 bits per heavy atom. The smallest absolute Gasteiger partial charge is 0.322 e. The van der Waals surface area contributed by atoms with E-state index in [1.54, 1.807) is 11.6 Å². The lowest BCUT2D eigenvalue weighted by Crippen LogP contribution is -2.45. The van der Waals surface area contributed by atoms with Gasteiger partial charge in [-0.1, -0.05) is 20.3 Å². The van der Waals surface area contributed by atoms with Gasteiger partial charge in [-0.05, 0) is 5.92 Å². The number of carboxylic acids is 1. The van der Waals surface area contributed by atoms with Gasteiger partial charge in [-0.2, -0.15) is 4.72 Å². The Hall–Kier alpha value is -1.61. The van der Waals surface area contributed by atoms with Crippen LogP contribution in [0.15, 0.2) is 17.0 Å². The Morgan fingerprint density at radius 2 is 1.76 bits per heavy atom. The summed E-state index contributed by atoms with van der Waals surface area (Å²) in [6.45, 7) is 3.10. The molecule has 0 spiro atoms. The number of carboxylic acid groups (broad SMARTS) is 1. The van der Waals surface area contributed by atoms with Crippen LogP contribution in [0.1, 0.15) is 20.3 Å². The van der Waals surface area contributed by atoms with Crippen LogP contribution < -0.4 is 4.72 Å². The fourth-order valence-electron chi connectivity index (χ4n) is 1.66. The van der Waals surface area contributed by atoms with E-state index in [0.717, 1.165) is 0 Å². The van der Waals surface area contributed by atoms with Gasteiger partial charge in [0.15, 0.2) is 4.90 Å². The van der Waals surface area contributed by atoms with Crippen molar-refractivity contribution in [1.82, 2.24) is 4.72 Å². The van der Waals surface area contributed by atoms with E-state index in [-0.39, 0.29) is 12.1 Å². The van der Waals surface area contributed by atoms with E-state index < -0.39 is 50.3 Å². The number of sulfonamides is 1.